The van der Waals surface area contributed by atoms with Crippen LogP contribution in [-0.2, 0) is 0 Å². The van der Waals surface area contributed by atoms with Gasteiger partial charge in [0.25, 0.3) is 0 Å². The van der Waals surface area contributed by atoms with Crippen LogP contribution in [0.5, 0.6) is 0 Å². The molecule has 0 bridgehead atoms. The molecule has 0 aromatic heterocycles. The monoisotopic (exact) mass is 175 g/mol. The molecule has 0 radical (unpaired) electrons. The van der Waals surface area contributed by atoms with Gasteiger partial charge in [-0.3, -0.25) is 0 Å². The van der Waals surface area contributed by atoms with Crippen LogP contribution in [-0.4, -0.2) is 6.04 Å². The summed E-state index contributed by atoms with van der Waals surface area (Å²) in [5, 5.41) is 0. The Morgan fingerprint density at radius 3 is 2.77 bits per heavy atom. The molecule has 2 N–H and O–H groups in total. The van der Waals surface area contributed by atoms with Crippen molar-refractivity contribution in [1.82, 2.24) is 0 Å². The summed E-state index contributed by atoms with van der Waals surface area (Å²) in [4.78, 5) is 0. The summed E-state index contributed by atoms with van der Waals surface area (Å²) in [6, 6.07) is 0.332. The molecule has 2 aliphatic carbocycles. The highest BCUT2D eigenvalue weighted by Gasteiger charge is 2.20. The molecule has 1 heteroatoms. The zero-order chi connectivity index (χ0) is 9.10. The zero-order valence-electron chi connectivity index (χ0n) is 7.95. The van der Waals surface area contributed by atoms with Gasteiger partial charge in [-0.05, 0) is 31.3 Å². The van der Waals surface area contributed by atoms with Gasteiger partial charge >= 0.3 is 0 Å². The average Bonchev–Trinajstić information content (AvgIpc) is 2.20. The van der Waals surface area contributed by atoms with E-state index >= 15 is 0 Å². The first-order valence-corrected chi connectivity index (χ1v) is 5.17. The third-order valence-corrected chi connectivity index (χ3v) is 2.88. The molecule has 0 fully saturated rings. The van der Waals surface area contributed by atoms with Gasteiger partial charge in [0, 0.05) is 12.0 Å². The smallest absolute Gasteiger partial charge is 0.0167 e. The van der Waals surface area contributed by atoms with Gasteiger partial charge in [0.1, 0.15) is 0 Å². The predicted molar refractivity (Wildman–Crippen MR) is 56.3 cm³/mol. The number of allylic oxidation sites excluding steroid dienone is 4. The molecule has 70 valence electrons. The number of rotatable bonds is 1. The van der Waals surface area contributed by atoms with E-state index in [9.17, 15) is 0 Å². The summed E-state index contributed by atoms with van der Waals surface area (Å²) >= 11 is 0. The lowest BCUT2D eigenvalue weighted by Gasteiger charge is -2.26. The standard InChI is InChI=1S/C12H17N/c13-12-9-5-4-8-11(12)10-6-2-1-3-7-10/h2,4,6-8,11-12H,1,3,5,9,13H2. The molecule has 0 saturated heterocycles. The fourth-order valence-corrected chi connectivity index (χ4v) is 2.09. The van der Waals surface area contributed by atoms with Crippen LogP contribution in [0.25, 0.3) is 0 Å². The van der Waals surface area contributed by atoms with Crippen molar-refractivity contribution >= 4 is 0 Å². The van der Waals surface area contributed by atoms with E-state index in [-0.39, 0.29) is 0 Å². The van der Waals surface area contributed by atoms with Crippen molar-refractivity contribution in [1.29, 1.82) is 0 Å². The summed E-state index contributed by atoms with van der Waals surface area (Å²) in [6.45, 7) is 0. The van der Waals surface area contributed by atoms with E-state index in [2.05, 4.69) is 30.4 Å². The van der Waals surface area contributed by atoms with Gasteiger partial charge in [0.05, 0.1) is 0 Å². The van der Waals surface area contributed by atoms with Crippen LogP contribution in [0.1, 0.15) is 25.7 Å². The Morgan fingerprint density at radius 1 is 1.15 bits per heavy atom. The van der Waals surface area contributed by atoms with Crippen molar-refractivity contribution in [2.24, 2.45) is 11.7 Å². The van der Waals surface area contributed by atoms with Crippen LogP contribution >= 0.6 is 0 Å². The number of nitrogens with two attached hydrogens (primary N) is 1. The Kier molecular flexibility index (Phi) is 2.65. The molecule has 0 heterocycles. The Labute approximate surface area is 80.0 Å². The van der Waals surface area contributed by atoms with Gasteiger partial charge in [0.15, 0.2) is 0 Å². The molecule has 0 aliphatic heterocycles. The third-order valence-electron chi connectivity index (χ3n) is 2.88. The van der Waals surface area contributed by atoms with Crippen LogP contribution in [0.4, 0.5) is 0 Å². The van der Waals surface area contributed by atoms with Gasteiger partial charge in [-0.2, -0.15) is 0 Å². The van der Waals surface area contributed by atoms with E-state index in [0.717, 1.165) is 12.8 Å². The van der Waals surface area contributed by atoms with Gasteiger partial charge in [-0.1, -0.05) is 30.4 Å². The maximum Gasteiger partial charge on any atom is 0.0167 e. The van der Waals surface area contributed by atoms with E-state index in [1.54, 1.807) is 0 Å². The molecule has 0 aromatic carbocycles. The number of hydrogen-bond donors (Lipinski definition) is 1. The summed E-state index contributed by atoms with van der Waals surface area (Å²) in [6.07, 6.45) is 16.0. The highest BCUT2D eigenvalue weighted by Crippen LogP contribution is 2.26. The first-order valence-electron chi connectivity index (χ1n) is 5.17. The largest absolute Gasteiger partial charge is 0.327 e. The molecule has 2 rings (SSSR count). The SMILES string of the molecule is NC1CCC=CC1C1=CCCC=C1. The second-order valence-corrected chi connectivity index (χ2v) is 3.88. The van der Waals surface area contributed by atoms with E-state index in [4.69, 9.17) is 5.73 Å². The van der Waals surface area contributed by atoms with Crippen molar-refractivity contribution < 1.29 is 0 Å². The molecule has 0 amide bonds. The van der Waals surface area contributed by atoms with Gasteiger partial charge in [0.2, 0.25) is 0 Å². The summed E-state index contributed by atoms with van der Waals surface area (Å²) in [7, 11) is 0. The Balaban J connectivity index is 2.14. The van der Waals surface area contributed by atoms with Crippen LogP contribution in [0.15, 0.2) is 36.0 Å². The third kappa shape index (κ3) is 1.92. The highest BCUT2D eigenvalue weighted by atomic mass is 14.6. The average molecular weight is 175 g/mol. The van der Waals surface area contributed by atoms with Gasteiger partial charge in [-0.25, -0.2) is 0 Å². The lowest BCUT2D eigenvalue weighted by Crippen LogP contribution is -2.31. The molecule has 2 atom stereocenters. The van der Waals surface area contributed by atoms with Gasteiger partial charge in [-0.15, -0.1) is 0 Å². The summed E-state index contributed by atoms with van der Waals surface area (Å²) < 4.78 is 0. The lowest BCUT2D eigenvalue weighted by molar-refractivity contribution is 0.509. The summed E-state index contributed by atoms with van der Waals surface area (Å²) in [5.41, 5.74) is 7.51. The van der Waals surface area contributed by atoms with E-state index in [1.807, 2.05) is 0 Å². The van der Waals surface area contributed by atoms with E-state index < -0.39 is 0 Å². The highest BCUT2D eigenvalue weighted by molar-refractivity contribution is 5.30. The minimum atomic E-state index is 0.332. The normalized spacial score (nSPS) is 33.2. The fraction of sp³-hybridized carbons (Fsp3) is 0.500. The van der Waals surface area contributed by atoms with E-state index in [1.165, 1.54) is 18.4 Å². The minimum absolute atomic E-state index is 0.332. The molecule has 2 aliphatic rings. The topological polar surface area (TPSA) is 26.0 Å². The first-order chi connectivity index (χ1) is 6.38. The van der Waals surface area contributed by atoms with Crippen LogP contribution in [0.2, 0.25) is 0 Å². The molecule has 0 aromatic rings. The minimum Gasteiger partial charge on any atom is -0.327 e. The fourth-order valence-electron chi connectivity index (χ4n) is 2.09. The second-order valence-electron chi connectivity index (χ2n) is 3.88. The van der Waals surface area contributed by atoms with Crippen molar-refractivity contribution in [3.8, 4) is 0 Å². The van der Waals surface area contributed by atoms with Crippen molar-refractivity contribution in [3.63, 3.8) is 0 Å². The molecule has 13 heavy (non-hydrogen) atoms. The lowest BCUT2D eigenvalue weighted by atomic mass is 9.83. The quantitative estimate of drug-likeness (QED) is 0.609. The molecular formula is C12H17N. The number of hydrogen-bond acceptors (Lipinski definition) is 1. The van der Waals surface area contributed by atoms with E-state index in [0.29, 0.717) is 12.0 Å². The van der Waals surface area contributed by atoms with Gasteiger partial charge < -0.3 is 5.73 Å². The zero-order valence-corrected chi connectivity index (χ0v) is 7.95. The Hall–Kier alpha value is -0.820. The maximum absolute atomic E-state index is 6.08. The van der Waals surface area contributed by atoms with Crippen LogP contribution < -0.4 is 5.73 Å². The molecule has 0 saturated carbocycles. The van der Waals surface area contributed by atoms with Crippen LogP contribution in [0, 0.1) is 5.92 Å². The van der Waals surface area contributed by atoms with Crippen molar-refractivity contribution in [2.45, 2.75) is 31.7 Å². The second kappa shape index (κ2) is 3.93. The maximum atomic E-state index is 6.08. The molecule has 1 nitrogen and oxygen atoms in total. The van der Waals surface area contributed by atoms with Crippen molar-refractivity contribution in [3.05, 3.63) is 36.0 Å². The van der Waals surface area contributed by atoms with Crippen molar-refractivity contribution in [2.75, 3.05) is 0 Å². The summed E-state index contributed by atoms with van der Waals surface area (Å²) in [5.74, 6) is 0.477. The predicted octanol–water partition coefficient (Wildman–Crippen LogP) is 2.56. The van der Waals surface area contributed by atoms with Crippen LogP contribution in [0.3, 0.4) is 0 Å². The Bertz CT molecular complexity index is 260. The Morgan fingerprint density at radius 2 is 2.08 bits per heavy atom. The first kappa shape index (κ1) is 8.76. The molecule has 0 spiro atoms. The molecule has 2 unspecified atom stereocenters. The molecular weight excluding hydrogens is 158 g/mol.